The molecule has 0 bridgehead atoms. The standard InChI is InChI=1S/C26H26N4O2/c1-3-24(31)28-16-19-7-9-22(10-8-19)30-26(11-12-26)21-5-4-6-23(14-21)29-25(32)20-13-18(2)15-27-17-20/h3-10,13-15,17,30H,1,11-12,16H2,2H3,(H,28,31)(H,29,32). The van der Waals surface area contributed by atoms with Gasteiger partial charge < -0.3 is 16.0 Å². The van der Waals surface area contributed by atoms with E-state index in [1.165, 1.54) is 6.08 Å². The summed E-state index contributed by atoms with van der Waals surface area (Å²) in [5.74, 6) is -0.356. The number of benzene rings is 2. The van der Waals surface area contributed by atoms with Gasteiger partial charge >= 0.3 is 0 Å². The highest BCUT2D eigenvalue weighted by Crippen LogP contribution is 2.48. The van der Waals surface area contributed by atoms with Gasteiger partial charge in [-0.05, 0) is 72.9 Å². The number of aryl methyl sites for hydroxylation is 1. The summed E-state index contributed by atoms with van der Waals surface area (Å²) in [6.45, 7) is 5.84. The van der Waals surface area contributed by atoms with Gasteiger partial charge in [0.15, 0.2) is 0 Å². The van der Waals surface area contributed by atoms with Crippen LogP contribution in [0.1, 0.15) is 39.9 Å². The number of aromatic nitrogens is 1. The zero-order valence-electron chi connectivity index (χ0n) is 18.0. The number of amides is 2. The quantitative estimate of drug-likeness (QED) is 0.462. The fraction of sp³-hybridized carbons (Fsp3) is 0.192. The Labute approximate surface area is 187 Å². The molecule has 0 aliphatic heterocycles. The molecule has 6 nitrogen and oxygen atoms in total. The SMILES string of the molecule is C=CC(=O)NCc1ccc(NC2(c3cccc(NC(=O)c4cncc(C)c4)c3)CC2)cc1. The number of hydrogen-bond donors (Lipinski definition) is 3. The number of carbonyl (C=O) groups excluding carboxylic acids is 2. The van der Waals surface area contributed by atoms with E-state index in [-0.39, 0.29) is 17.4 Å². The first kappa shape index (κ1) is 21.3. The second kappa shape index (κ2) is 9.06. The van der Waals surface area contributed by atoms with E-state index in [1.54, 1.807) is 12.4 Å². The fourth-order valence-corrected chi connectivity index (χ4v) is 3.63. The van der Waals surface area contributed by atoms with Crippen LogP contribution in [-0.4, -0.2) is 16.8 Å². The fourth-order valence-electron chi connectivity index (χ4n) is 3.63. The molecule has 0 radical (unpaired) electrons. The Hall–Kier alpha value is -3.93. The molecule has 2 amide bonds. The first-order valence-electron chi connectivity index (χ1n) is 10.6. The molecule has 0 unspecified atom stereocenters. The van der Waals surface area contributed by atoms with Crippen LogP contribution < -0.4 is 16.0 Å². The minimum Gasteiger partial charge on any atom is -0.376 e. The molecule has 1 fully saturated rings. The zero-order chi connectivity index (χ0) is 22.6. The number of rotatable bonds is 8. The summed E-state index contributed by atoms with van der Waals surface area (Å²) < 4.78 is 0. The maximum Gasteiger partial charge on any atom is 0.257 e. The molecule has 6 heteroatoms. The first-order chi connectivity index (χ1) is 15.5. The average molecular weight is 427 g/mol. The number of nitrogens with zero attached hydrogens (tertiary/aromatic N) is 1. The molecule has 1 aromatic heterocycles. The van der Waals surface area contributed by atoms with E-state index in [2.05, 4.69) is 33.6 Å². The Bertz CT molecular complexity index is 1150. The lowest BCUT2D eigenvalue weighted by Crippen LogP contribution is -2.20. The van der Waals surface area contributed by atoms with Crippen LogP contribution in [-0.2, 0) is 16.9 Å². The molecule has 1 heterocycles. The van der Waals surface area contributed by atoms with E-state index in [1.807, 2.05) is 55.5 Å². The summed E-state index contributed by atoms with van der Waals surface area (Å²) in [6, 6.07) is 17.8. The van der Waals surface area contributed by atoms with Crippen LogP contribution in [0.3, 0.4) is 0 Å². The van der Waals surface area contributed by atoms with Gasteiger partial charge in [0.05, 0.1) is 11.1 Å². The third-order valence-corrected chi connectivity index (χ3v) is 5.55. The van der Waals surface area contributed by atoms with Crippen LogP contribution in [0.5, 0.6) is 0 Å². The molecule has 0 atom stereocenters. The van der Waals surface area contributed by atoms with Gasteiger partial charge in [0, 0.05) is 30.3 Å². The van der Waals surface area contributed by atoms with Crippen molar-refractivity contribution in [3.8, 4) is 0 Å². The summed E-state index contributed by atoms with van der Waals surface area (Å²) in [5.41, 5.74) is 5.29. The van der Waals surface area contributed by atoms with Crippen molar-refractivity contribution in [3.05, 3.63) is 102 Å². The number of hydrogen-bond acceptors (Lipinski definition) is 4. The molecule has 3 aromatic rings. The molecule has 0 spiro atoms. The Morgan fingerprint density at radius 1 is 1.06 bits per heavy atom. The predicted octanol–water partition coefficient (Wildman–Crippen LogP) is 4.55. The lowest BCUT2D eigenvalue weighted by molar-refractivity contribution is -0.116. The van der Waals surface area contributed by atoms with Crippen LogP contribution >= 0.6 is 0 Å². The van der Waals surface area contributed by atoms with Gasteiger partial charge in [-0.2, -0.15) is 0 Å². The summed E-state index contributed by atoms with van der Waals surface area (Å²) in [5, 5.41) is 9.39. The molecule has 4 rings (SSSR count). The van der Waals surface area contributed by atoms with E-state index >= 15 is 0 Å². The van der Waals surface area contributed by atoms with Gasteiger partial charge in [-0.1, -0.05) is 30.8 Å². The lowest BCUT2D eigenvalue weighted by Gasteiger charge is -2.20. The van der Waals surface area contributed by atoms with Gasteiger partial charge in [0.1, 0.15) is 0 Å². The molecule has 1 aliphatic carbocycles. The summed E-state index contributed by atoms with van der Waals surface area (Å²) in [6.07, 6.45) is 6.60. The van der Waals surface area contributed by atoms with Crippen molar-refractivity contribution >= 4 is 23.2 Å². The topological polar surface area (TPSA) is 83.1 Å². The number of nitrogens with one attached hydrogen (secondary N) is 3. The number of pyridine rings is 1. The molecule has 2 aromatic carbocycles. The minimum atomic E-state index is -0.185. The van der Waals surface area contributed by atoms with Crippen molar-refractivity contribution in [1.29, 1.82) is 0 Å². The van der Waals surface area contributed by atoms with E-state index in [4.69, 9.17) is 0 Å². The maximum atomic E-state index is 12.6. The lowest BCUT2D eigenvalue weighted by atomic mass is 10.0. The van der Waals surface area contributed by atoms with E-state index in [9.17, 15) is 9.59 Å². The summed E-state index contributed by atoms with van der Waals surface area (Å²) in [4.78, 5) is 28.0. The van der Waals surface area contributed by atoms with Crippen LogP contribution in [0.15, 0.2) is 79.6 Å². The second-order valence-electron chi connectivity index (χ2n) is 8.11. The highest BCUT2D eigenvalue weighted by atomic mass is 16.2. The molecular weight excluding hydrogens is 400 g/mol. The molecule has 1 aliphatic rings. The van der Waals surface area contributed by atoms with Crippen molar-refractivity contribution in [3.63, 3.8) is 0 Å². The summed E-state index contributed by atoms with van der Waals surface area (Å²) >= 11 is 0. The number of carbonyl (C=O) groups is 2. The Morgan fingerprint density at radius 3 is 2.53 bits per heavy atom. The first-order valence-corrected chi connectivity index (χ1v) is 10.6. The van der Waals surface area contributed by atoms with Crippen molar-refractivity contribution < 1.29 is 9.59 Å². The second-order valence-corrected chi connectivity index (χ2v) is 8.11. The molecule has 0 saturated heterocycles. The largest absolute Gasteiger partial charge is 0.376 e. The van der Waals surface area contributed by atoms with Gasteiger partial charge in [0.2, 0.25) is 5.91 Å². The van der Waals surface area contributed by atoms with Gasteiger partial charge in [-0.3, -0.25) is 14.6 Å². The third kappa shape index (κ3) is 5.03. The molecule has 32 heavy (non-hydrogen) atoms. The van der Waals surface area contributed by atoms with E-state index in [0.717, 1.165) is 40.9 Å². The Kier molecular flexibility index (Phi) is 6.03. The van der Waals surface area contributed by atoms with Crippen molar-refractivity contribution in [2.75, 3.05) is 10.6 Å². The van der Waals surface area contributed by atoms with Crippen LogP contribution in [0, 0.1) is 6.92 Å². The predicted molar refractivity (Wildman–Crippen MR) is 126 cm³/mol. The molecule has 162 valence electrons. The van der Waals surface area contributed by atoms with Crippen molar-refractivity contribution in [2.24, 2.45) is 0 Å². The van der Waals surface area contributed by atoms with Crippen LogP contribution in [0.2, 0.25) is 0 Å². The molecular formula is C26H26N4O2. The zero-order valence-corrected chi connectivity index (χ0v) is 18.0. The van der Waals surface area contributed by atoms with Crippen molar-refractivity contribution in [2.45, 2.75) is 31.8 Å². The van der Waals surface area contributed by atoms with Crippen LogP contribution in [0.25, 0.3) is 0 Å². The highest BCUT2D eigenvalue weighted by Gasteiger charge is 2.44. The van der Waals surface area contributed by atoms with E-state index < -0.39 is 0 Å². The number of anilines is 2. The summed E-state index contributed by atoms with van der Waals surface area (Å²) in [7, 11) is 0. The van der Waals surface area contributed by atoms with Gasteiger partial charge in [-0.25, -0.2) is 0 Å². The van der Waals surface area contributed by atoms with Crippen molar-refractivity contribution in [1.82, 2.24) is 10.3 Å². The maximum absolute atomic E-state index is 12.6. The van der Waals surface area contributed by atoms with E-state index in [0.29, 0.717) is 12.1 Å². The minimum absolute atomic E-state index is 0.135. The van der Waals surface area contributed by atoms with Gasteiger partial charge in [-0.15, -0.1) is 0 Å². The highest BCUT2D eigenvalue weighted by molar-refractivity contribution is 6.04. The monoisotopic (exact) mass is 426 g/mol. The molecule has 3 N–H and O–H groups in total. The average Bonchev–Trinajstić information content (AvgIpc) is 3.59. The Morgan fingerprint density at radius 2 is 1.84 bits per heavy atom. The Balaban J connectivity index is 1.43. The normalized spacial score (nSPS) is 13.7. The molecule has 1 saturated carbocycles. The smallest absolute Gasteiger partial charge is 0.257 e. The van der Waals surface area contributed by atoms with Crippen LogP contribution in [0.4, 0.5) is 11.4 Å². The third-order valence-electron chi connectivity index (χ3n) is 5.55. The van der Waals surface area contributed by atoms with Gasteiger partial charge in [0.25, 0.3) is 5.91 Å².